The maximum absolute atomic E-state index is 14.3. The number of carboxylic acids is 1. The number of pyridine rings is 1. The molecule has 23 heavy (non-hydrogen) atoms. The van der Waals surface area contributed by atoms with Gasteiger partial charge in [0.05, 0.1) is 16.4 Å². The van der Waals surface area contributed by atoms with E-state index in [2.05, 4.69) is 15.9 Å². The van der Waals surface area contributed by atoms with Crippen LogP contribution in [0.2, 0.25) is 0 Å². The van der Waals surface area contributed by atoms with Gasteiger partial charge in [-0.15, -0.1) is 0 Å². The van der Waals surface area contributed by atoms with E-state index in [1.807, 2.05) is 0 Å². The molecule has 0 spiro atoms. The Labute approximate surface area is 135 Å². The van der Waals surface area contributed by atoms with Crippen molar-refractivity contribution in [3.8, 4) is 5.75 Å². The van der Waals surface area contributed by atoms with Gasteiger partial charge in [-0.05, 0) is 28.9 Å². The van der Waals surface area contributed by atoms with Crippen LogP contribution in [0.5, 0.6) is 5.75 Å². The summed E-state index contributed by atoms with van der Waals surface area (Å²) in [4.78, 5) is 33.9. The van der Waals surface area contributed by atoms with E-state index in [9.17, 15) is 24.1 Å². The van der Waals surface area contributed by atoms with Gasteiger partial charge in [-0.25, -0.2) is 4.79 Å². The van der Waals surface area contributed by atoms with Crippen LogP contribution in [-0.4, -0.2) is 27.2 Å². The van der Waals surface area contributed by atoms with Crippen molar-refractivity contribution in [2.45, 2.75) is 13.0 Å². The van der Waals surface area contributed by atoms with E-state index in [1.54, 1.807) is 6.92 Å². The van der Waals surface area contributed by atoms with E-state index < -0.39 is 39.6 Å². The van der Waals surface area contributed by atoms with E-state index in [0.29, 0.717) is 0 Å². The number of carbonyl (C=O) groups is 1. The van der Waals surface area contributed by atoms with Crippen molar-refractivity contribution in [3.63, 3.8) is 0 Å². The zero-order valence-corrected chi connectivity index (χ0v) is 13.1. The number of nitro benzene ring substituents is 1. The molecular weight excluding hydrogens is 379 g/mol. The predicted molar refractivity (Wildman–Crippen MR) is 79.7 cm³/mol. The number of aromatic nitrogens is 1. The van der Waals surface area contributed by atoms with Crippen LogP contribution in [0.25, 0.3) is 10.9 Å². The molecule has 0 fully saturated rings. The van der Waals surface area contributed by atoms with Crippen molar-refractivity contribution in [1.29, 1.82) is 0 Å². The molecule has 1 aliphatic rings. The normalized spacial score (nSPS) is 16.2. The highest BCUT2D eigenvalue weighted by molar-refractivity contribution is 9.10. The van der Waals surface area contributed by atoms with E-state index in [1.165, 1.54) is 0 Å². The first-order chi connectivity index (χ1) is 10.8. The Morgan fingerprint density at radius 2 is 2.26 bits per heavy atom. The average Bonchev–Trinajstić information content (AvgIpc) is 2.47. The second-order valence-electron chi connectivity index (χ2n) is 5.02. The van der Waals surface area contributed by atoms with Crippen LogP contribution in [0.4, 0.5) is 10.1 Å². The standard InChI is InChI=1S/C13H8BrFN2O6/c1-4-3-23-11-7(14)8(15)9(17(21)22)5-2-6(13(19)20)12(18)16(4)10(5)11/h2,4H,3H2,1H3,(H,19,20)/t4-/m0/s1. The molecule has 0 saturated heterocycles. The first-order valence-electron chi connectivity index (χ1n) is 6.36. The van der Waals surface area contributed by atoms with E-state index >= 15 is 0 Å². The summed E-state index contributed by atoms with van der Waals surface area (Å²) in [5, 5.41) is 20.1. The minimum Gasteiger partial charge on any atom is -0.488 e. The molecule has 2 heterocycles. The Balaban J connectivity index is 2.67. The van der Waals surface area contributed by atoms with Crippen molar-refractivity contribution in [2.24, 2.45) is 0 Å². The smallest absolute Gasteiger partial charge is 0.341 e. The highest BCUT2D eigenvalue weighted by Gasteiger charge is 2.34. The summed E-state index contributed by atoms with van der Waals surface area (Å²) in [6.07, 6.45) is 0. The van der Waals surface area contributed by atoms with Gasteiger partial charge in [0.25, 0.3) is 5.56 Å². The molecule has 3 rings (SSSR count). The minimum atomic E-state index is -1.54. The molecule has 10 heteroatoms. The third-order valence-corrected chi connectivity index (χ3v) is 4.33. The van der Waals surface area contributed by atoms with Gasteiger partial charge in [0.2, 0.25) is 5.82 Å². The largest absolute Gasteiger partial charge is 0.488 e. The number of nitrogens with zero attached hydrogens (tertiary/aromatic N) is 2. The fraction of sp³-hybridized carbons (Fsp3) is 0.231. The number of rotatable bonds is 2. The van der Waals surface area contributed by atoms with Gasteiger partial charge >= 0.3 is 11.7 Å². The number of hydrogen-bond acceptors (Lipinski definition) is 5. The summed E-state index contributed by atoms with van der Waals surface area (Å²) in [5.41, 5.74) is -2.40. The lowest BCUT2D eigenvalue weighted by atomic mass is 10.1. The summed E-state index contributed by atoms with van der Waals surface area (Å²) < 4.78 is 20.5. The van der Waals surface area contributed by atoms with Crippen molar-refractivity contribution < 1.29 is 24.0 Å². The molecule has 1 aromatic carbocycles. The molecule has 8 nitrogen and oxygen atoms in total. The zero-order valence-electron chi connectivity index (χ0n) is 11.5. The Kier molecular flexibility index (Phi) is 3.36. The molecule has 1 aromatic heterocycles. The van der Waals surface area contributed by atoms with Gasteiger partial charge in [0, 0.05) is 0 Å². The zero-order chi connectivity index (χ0) is 17.0. The quantitative estimate of drug-likeness (QED) is 0.626. The van der Waals surface area contributed by atoms with Crippen LogP contribution >= 0.6 is 15.9 Å². The van der Waals surface area contributed by atoms with Crippen molar-refractivity contribution in [3.05, 3.63) is 42.4 Å². The van der Waals surface area contributed by atoms with E-state index in [-0.39, 0.29) is 27.7 Å². The molecule has 0 aliphatic carbocycles. The van der Waals surface area contributed by atoms with Crippen LogP contribution in [0.3, 0.4) is 0 Å². The Morgan fingerprint density at radius 1 is 1.61 bits per heavy atom. The second kappa shape index (κ2) is 5.01. The molecule has 2 aromatic rings. The number of nitro groups is 1. The van der Waals surface area contributed by atoms with Gasteiger partial charge in [0.15, 0.2) is 5.75 Å². The molecule has 120 valence electrons. The third-order valence-electron chi connectivity index (χ3n) is 3.63. The molecule has 1 N–H and O–H groups in total. The monoisotopic (exact) mass is 386 g/mol. The van der Waals surface area contributed by atoms with Crippen molar-refractivity contribution >= 4 is 38.5 Å². The highest BCUT2D eigenvalue weighted by atomic mass is 79.9. The fourth-order valence-electron chi connectivity index (χ4n) is 2.64. The molecule has 0 bridgehead atoms. The molecule has 1 atom stereocenters. The number of aromatic carboxylic acids is 1. The van der Waals surface area contributed by atoms with Gasteiger partial charge in [0.1, 0.15) is 22.2 Å². The summed E-state index contributed by atoms with van der Waals surface area (Å²) in [7, 11) is 0. The topological polar surface area (TPSA) is 112 Å². The molecule has 0 amide bonds. The lowest BCUT2D eigenvalue weighted by Crippen LogP contribution is -2.34. The van der Waals surface area contributed by atoms with Crippen LogP contribution in [0.15, 0.2) is 15.3 Å². The lowest BCUT2D eigenvalue weighted by molar-refractivity contribution is -0.385. The SMILES string of the molecule is C[C@H]1COc2c(Br)c(F)c([N+](=O)[O-])c3cc(C(=O)O)c(=O)n1c23. The van der Waals surface area contributed by atoms with Crippen LogP contribution in [0, 0.1) is 15.9 Å². The van der Waals surface area contributed by atoms with E-state index in [0.717, 1.165) is 10.6 Å². The van der Waals surface area contributed by atoms with Gasteiger partial charge in [-0.1, -0.05) is 0 Å². The highest BCUT2D eigenvalue weighted by Crippen LogP contribution is 2.44. The van der Waals surface area contributed by atoms with Gasteiger partial charge in [-0.3, -0.25) is 19.5 Å². The number of benzene rings is 1. The van der Waals surface area contributed by atoms with Crippen molar-refractivity contribution in [1.82, 2.24) is 4.57 Å². The van der Waals surface area contributed by atoms with Crippen LogP contribution < -0.4 is 10.3 Å². The fourth-order valence-corrected chi connectivity index (χ4v) is 3.13. The second-order valence-corrected chi connectivity index (χ2v) is 5.82. The number of halogens is 2. The lowest BCUT2D eigenvalue weighted by Gasteiger charge is -2.27. The average molecular weight is 387 g/mol. The Hall–Kier alpha value is -2.49. The summed E-state index contributed by atoms with van der Waals surface area (Å²) in [5.74, 6) is -2.79. The Bertz CT molecular complexity index is 954. The first-order valence-corrected chi connectivity index (χ1v) is 7.15. The number of ether oxygens (including phenoxy) is 1. The summed E-state index contributed by atoms with van der Waals surface area (Å²) in [6.45, 7) is 1.60. The Morgan fingerprint density at radius 3 is 2.83 bits per heavy atom. The molecule has 0 saturated carbocycles. The van der Waals surface area contributed by atoms with Crippen LogP contribution in [-0.2, 0) is 0 Å². The maximum Gasteiger partial charge on any atom is 0.341 e. The molecule has 1 aliphatic heterocycles. The van der Waals surface area contributed by atoms with Gasteiger partial charge in [-0.2, -0.15) is 4.39 Å². The predicted octanol–water partition coefficient (Wildman–Crippen LogP) is 2.46. The number of hydrogen-bond donors (Lipinski definition) is 1. The van der Waals surface area contributed by atoms with Crippen molar-refractivity contribution in [2.75, 3.05) is 6.61 Å². The van der Waals surface area contributed by atoms with Crippen LogP contribution in [0.1, 0.15) is 23.3 Å². The summed E-state index contributed by atoms with van der Waals surface area (Å²) >= 11 is 2.90. The van der Waals surface area contributed by atoms with E-state index in [4.69, 9.17) is 9.84 Å². The molecule has 0 unspecified atom stereocenters. The maximum atomic E-state index is 14.3. The number of carboxylic acid groups (broad SMARTS) is 1. The third kappa shape index (κ3) is 2.01. The minimum absolute atomic E-state index is 0.000923. The van der Waals surface area contributed by atoms with Gasteiger partial charge < -0.3 is 9.84 Å². The molecular formula is C13H8BrFN2O6. The first kappa shape index (κ1) is 15.4. The molecule has 0 radical (unpaired) electrons. The summed E-state index contributed by atoms with van der Waals surface area (Å²) in [6, 6.07) is 0.253.